The number of hydrogen-bond donors (Lipinski definition) is 1. The molecule has 0 saturated carbocycles. The Hall–Kier alpha value is -0.120. The molecule has 3 heteroatoms. The summed E-state index contributed by atoms with van der Waals surface area (Å²) in [6.07, 6.45) is 5.28. The predicted molar refractivity (Wildman–Crippen MR) is 66.4 cm³/mol. The minimum atomic E-state index is 0.372. The molecular formula is C13H26N2O. The van der Waals surface area contributed by atoms with Crippen LogP contribution >= 0.6 is 0 Å². The topological polar surface area (TPSA) is 38.5 Å². The second-order valence-electron chi connectivity index (χ2n) is 5.50. The van der Waals surface area contributed by atoms with E-state index < -0.39 is 0 Å². The molecule has 2 aliphatic rings. The molecule has 4 atom stereocenters. The molecule has 0 aromatic heterocycles. The molecule has 2 N–H and O–H groups in total. The number of ether oxygens (including phenoxy) is 1. The van der Waals surface area contributed by atoms with Crippen LogP contribution < -0.4 is 5.73 Å². The fourth-order valence-electron chi connectivity index (χ4n) is 2.93. The van der Waals surface area contributed by atoms with Crippen molar-refractivity contribution in [2.24, 2.45) is 11.7 Å². The summed E-state index contributed by atoms with van der Waals surface area (Å²) >= 11 is 0. The van der Waals surface area contributed by atoms with E-state index in [2.05, 4.69) is 18.7 Å². The van der Waals surface area contributed by atoms with Crippen LogP contribution in [0.2, 0.25) is 0 Å². The molecular weight excluding hydrogens is 200 g/mol. The highest BCUT2D eigenvalue weighted by atomic mass is 16.5. The second kappa shape index (κ2) is 5.48. The molecule has 2 fully saturated rings. The molecule has 0 aliphatic carbocycles. The molecule has 2 heterocycles. The van der Waals surface area contributed by atoms with Gasteiger partial charge in [0.1, 0.15) is 0 Å². The molecule has 2 rings (SSSR count). The largest absolute Gasteiger partial charge is 0.378 e. The lowest BCUT2D eigenvalue weighted by Crippen LogP contribution is -2.53. The van der Waals surface area contributed by atoms with E-state index in [4.69, 9.17) is 10.5 Å². The van der Waals surface area contributed by atoms with E-state index >= 15 is 0 Å². The normalized spacial score (nSPS) is 42.2. The Bertz CT molecular complexity index is 218. The molecule has 3 nitrogen and oxygen atoms in total. The van der Waals surface area contributed by atoms with Crippen LogP contribution in [0, 0.1) is 5.92 Å². The van der Waals surface area contributed by atoms with Crippen LogP contribution in [0.15, 0.2) is 0 Å². The zero-order valence-electron chi connectivity index (χ0n) is 10.7. The Morgan fingerprint density at radius 2 is 2.19 bits per heavy atom. The van der Waals surface area contributed by atoms with Gasteiger partial charge in [0.25, 0.3) is 0 Å². The van der Waals surface area contributed by atoms with Crippen molar-refractivity contribution >= 4 is 0 Å². The van der Waals surface area contributed by atoms with Gasteiger partial charge in [-0.2, -0.15) is 0 Å². The molecule has 0 aromatic carbocycles. The molecule has 0 radical (unpaired) electrons. The summed E-state index contributed by atoms with van der Waals surface area (Å²) in [5.74, 6) is 0.693. The van der Waals surface area contributed by atoms with E-state index in [1.54, 1.807) is 0 Å². The summed E-state index contributed by atoms with van der Waals surface area (Å²) < 4.78 is 5.74. The summed E-state index contributed by atoms with van der Waals surface area (Å²) in [4.78, 5) is 2.61. The number of piperidine rings is 1. The van der Waals surface area contributed by atoms with E-state index in [0.717, 1.165) is 25.6 Å². The van der Waals surface area contributed by atoms with Crippen molar-refractivity contribution in [1.29, 1.82) is 0 Å². The van der Waals surface area contributed by atoms with E-state index in [1.165, 1.54) is 25.8 Å². The first-order valence-electron chi connectivity index (χ1n) is 6.82. The molecule has 0 spiro atoms. The first-order valence-corrected chi connectivity index (χ1v) is 6.82. The first-order chi connectivity index (χ1) is 7.70. The number of nitrogens with two attached hydrogens (primary N) is 1. The van der Waals surface area contributed by atoms with Gasteiger partial charge in [0.05, 0.1) is 6.10 Å². The lowest BCUT2D eigenvalue weighted by Gasteiger charge is -2.42. The lowest BCUT2D eigenvalue weighted by atomic mass is 9.91. The Labute approximate surface area is 99.3 Å². The van der Waals surface area contributed by atoms with Crippen LogP contribution in [0.1, 0.15) is 39.5 Å². The van der Waals surface area contributed by atoms with Gasteiger partial charge in [0, 0.05) is 25.2 Å². The molecule has 94 valence electrons. The van der Waals surface area contributed by atoms with Gasteiger partial charge in [-0.15, -0.1) is 0 Å². The Morgan fingerprint density at radius 3 is 2.88 bits per heavy atom. The SMILES string of the molecule is CCC1CC(N2CCC(C)C(N)C2)CCO1. The lowest BCUT2D eigenvalue weighted by molar-refractivity contribution is -0.0361. The predicted octanol–water partition coefficient (Wildman–Crippen LogP) is 1.61. The van der Waals surface area contributed by atoms with Gasteiger partial charge >= 0.3 is 0 Å². The zero-order valence-corrected chi connectivity index (χ0v) is 10.7. The quantitative estimate of drug-likeness (QED) is 0.777. The number of nitrogens with zero attached hydrogens (tertiary/aromatic N) is 1. The van der Waals surface area contributed by atoms with Gasteiger partial charge < -0.3 is 10.5 Å². The monoisotopic (exact) mass is 226 g/mol. The van der Waals surface area contributed by atoms with Crippen LogP contribution in [0.25, 0.3) is 0 Å². The molecule has 0 bridgehead atoms. The van der Waals surface area contributed by atoms with E-state index in [0.29, 0.717) is 18.1 Å². The number of hydrogen-bond acceptors (Lipinski definition) is 3. The van der Waals surface area contributed by atoms with E-state index in [9.17, 15) is 0 Å². The van der Waals surface area contributed by atoms with Crippen LogP contribution in [0.3, 0.4) is 0 Å². The van der Waals surface area contributed by atoms with Crippen molar-refractivity contribution in [3.63, 3.8) is 0 Å². The summed E-state index contributed by atoms with van der Waals surface area (Å²) in [7, 11) is 0. The fourth-order valence-corrected chi connectivity index (χ4v) is 2.93. The number of likely N-dealkylation sites (tertiary alicyclic amines) is 1. The molecule has 0 aromatic rings. The minimum absolute atomic E-state index is 0.372. The Balaban J connectivity index is 1.87. The smallest absolute Gasteiger partial charge is 0.0587 e. The van der Waals surface area contributed by atoms with Gasteiger partial charge in [0.2, 0.25) is 0 Å². The molecule has 2 saturated heterocycles. The maximum Gasteiger partial charge on any atom is 0.0587 e. The summed E-state index contributed by atoms with van der Waals surface area (Å²) in [6, 6.07) is 1.09. The van der Waals surface area contributed by atoms with Crippen molar-refractivity contribution < 1.29 is 4.74 Å². The molecule has 16 heavy (non-hydrogen) atoms. The summed E-state index contributed by atoms with van der Waals surface area (Å²) in [6.45, 7) is 7.75. The van der Waals surface area contributed by atoms with Gasteiger partial charge in [-0.1, -0.05) is 13.8 Å². The Morgan fingerprint density at radius 1 is 1.38 bits per heavy atom. The highest BCUT2D eigenvalue weighted by molar-refractivity contribution is 4.87. The van der Waals surface area contributed by atoms with Crippen molar-refractivity contribution in [3.05, 3.63) is 0 Å². The van der Waals surface area contributed by atoms with Gasteiger partial charge in [-0.25, -0.2) is 0 Å². The van der Waals surface area contributed by atoms with Gasteiger partial charge in [0.15, 0.2) is 0 Å². The van der Waals surface area contributed by atoms with E-state index in [1.807, 2.05) is 0 Å². The highest BCUT2D eigenvalue weighted by Gasteiger charge is 2.31. The van der Waals surface area contributed by atoms with Crippen molar-refractivity contribution in [2.45, 2.75) is 57.7 Å². The average molecular weight is 226 g/mol. The zero-order chi connectivity index (χ0) is 11.5. The average Bonchev–Trinajstić information content (AvgIpc) is 2.33. The van der Waals surface area contributed by atoms with E-state index in [-0.39, 0.29) is 0 Å². The molecule has 2 aliphatic heterocycles. The van der Waals surface area contributed by atoms with Gasteiger partial charge in [-0.05, 0) is 38.1 Å². The first kappa shape index (κ1) is 12.3. The van der Waals surface area contributed by atoms with Crippen molar-refractivity contribution in [2.75, 3.05) is 19.7 Å². The molecule has 0 amide bonds. The third-order valence-corrected chi connectivity index (χ3v) is 4.36. The highest BCUT2D eigenvalue weighted by Crippen LogP contribution is 2.25. The summed E-state index contributed by atoms with van der Waals surface area (Å²) in [5.41, 5.74) is 6.17. The van der Waals surface area contributed by atoms with Crippen molar-refractivity contribution in [1.82, 2.24) is 4.90 Å². The van der Waals surface area contributed by atoms with Crippen LogP contribution in [0.4, 0.5) is 0 Å². The third kappa shape index (κ3) is 2.76. The fraction of sp³-hybridized carbons (Fsp3) is 1.00. The number of rotatable bonds is 2. The standard InChI is InChI=1S/C13H26N2O/c1-3-12-8-11(5-7-16-12)15-6-4-10(2)13(14)9-15/h10-13H,3-9,14H2,1-2H3. The Kier molecular flexibility index (Phi) is 4.22. The van der Waals surface area contributed by atoms with Crippen LogP contribution in [-0.4, -0.2) is 42.8 Å². The minimum Gasteiger partial charge on any atom is -0.378 e. The van der Waals surface area contributed by atoms with Crippen LogP contribution in [-0.2, 0) is 4.74 Å². The van der Waals surface area contributed by atoms with Crippen molar-refractivity contribution in [3.8, 4) is 0 Å². The third-order valence-electron chi connectivity index (χ3n) is 4.36. The maximum absolute atomic E-state index is 6.17. The summed E-state index contributed by atoms with van der Waals surface area (Å²) in [5, 5.41) is 0. The maximum atomic E-state index is 6.17. The van der Waals surface area contributed by atoms with Gasteiger partial charge in [-0.3, -0.25) is 4.90 Å². The molecule has 4 unspecified atom stereocenters. The van der Waals surface area contributed by atoms with Crippen LogP contribution in [0.5, 0.6) is 0 Å². The second-order valence-corrected chi connectivity index (χ2v) is 5.50.